The Morgan fingerprint density at radius 1 is 1.35 bits per heavy atom. The summed E-state index contributed by atoms with van der Waals surface area (Å²) in [6, 6.07) is 7.02. The molecule has 1 aromatic carbocycles. The molecule has 0 saturated heterocycles. The molecule has 0 aliphatic heterocycles. The van der Waals surface area contributed by atoms with Gasteiger partial charge in [0.25, 0.3) is 0 Å². The van der Waals surface area contributed by atoms with Gasteiger partial charge in [-0.05, 0) is 17.7 Å². The Labute approximate surface area is 104 Å². The van der Waals surface area contributed by atoms with Gasteiger partial charge in [-0.2, -0.15) is 11.8 Å². The smallest absolute Gasteiger partial charge is 0.307 e. The first kappa shape index (κ1) is 13.6. The second kappa shape index (κ2) is 6.30. The van der Waals surface area contributed by atoms with E-state index >= 15 is 0 Å². The lowest BCUT2D eigenvalue weighted by Crippen LogP contribution is -2.12. The number of carboxylic acid groups (broad SMARTS) is 1. The van der Waals surface area contributed by atoms with Crippen LogP contribution in [0.3, 0.4) is 0 Å². The molecule has 0 aliphatic rings. The van der Waals surface area contributed by atoms with Crippen molar-refractivity contribution in [1.29, 1.82) is 0 Å². The van der Waals surface area contributed by atoms with Crippen molar-refractivity contribution in [3.05, 3.63) is 35.4 Å². The molecule has 0 heterocycles. The van der Waals surface area contributed by atoms with E-state index in [4.69, 9.17) is 10.8 Å². The number of carboxylic acids is 1. The van der Waals surface area contributed by atoms with E-state index in [0.29, 0.717) is 11.3 Å². The summed E-state index contributed by atoms with van der Waals surface area (Å²) in [6.45, 7) is 1.69. The lowest BCUT2D eigenvalue weighted by molar-refractivity contribution is -0.140. The number of nitrogens with two attached hydrogens (primary N) is 1. The minimum atomic E-state index is -0.776. The molecule has 0 fully saturated rings. The first-order valence-electron chi connectivity index (χ1n) is 5.20. The van der Waals surface area contributed by atoms with Crippen molar-refractivity contribution < 1.29 is 14.7 Å². The summed E-state index contributed by atoms with van der Waals surface area (Å²) in [4.78, 5) is 21.4. The van der Waals surface area contributed by atoms with Crippen molar-refractivity contribution in [3.8, 4) is 0 Å². The molecule has 1 amide bonds. The molecule has 0 aromatic heterocycles. The van der Waals surface area contributed by atoms with Crippen LogP contribution >= 0.6 is 11.8 Å². The number of hydrogen-bond acceptors (Lipinski definition) is 3. The fraction of sp³-hybridized carbons (Fsp3) is 0.333. The predicted molar refractivity (Wildman–Crippen MR) is 67.9 cm³/mol. The molecule has 92 valence electrons. The molecule has 0 spiro atoms. The van der Waals surface area contributed by atoms with Gasteiger partial charge in [-0.25, -0.2) is 0 Å². The third-order valence-corrected chi connectivity index (χ3v) is 3.57. The van der Waals surface area contributed by atoms with Gasteiger partial charge in [0.15, 0.2) is 0 Å². The van der Waals surface area contributed by atoms with Crippen molar-refractivity contribution in [2.45, 2.75) is 12.7 Å². The highest BCUT2D eigenvalue weighted by molar-refractivity contribution is 7.98. The molecule has 4 nitrogen and oxygen atoms in total. The SMILES string of the molecule is CC(CSCc1ccc(C(N)=O)cc1)C(=O)O. The molecule has 5 heteroatoms. The van der Waals surface area contributed by atoms with Crippen LogP contribution in [0.15, 0.2) is 24.3 Å². The molecule has 1 rings (SSSR count). The number of carbonyl (C=O) groups is 2. The van der Waals surface area contributed by atoms with Crippen molar-refractivity contribution in [2.24, 2.45) is 11.7 Å². The zero-order valence-corrected chi connectivity index (χ0v) is 10.4. The van der Waals surface area contributed by atoms with Gasteiger partial charge in [-0.15, -0.1) is 0 Å². The zero-order chi connectivity index (χ0) is 12.8. The predicted octanol–water partition coefficient (Wildman–Crippen LogP) is 1.74. The minimum Gasteiger partial charge on any atom is -0.481 e. The Bertz CT molecular complexity index is 403. The van der Waals surface area contributed by atoms with Crippen molar-refractivity contribution in [2.75, 3.05) is 5.75 Å². The van der Waals surface area contributed by atoms with Gasteiger partial charge in [0.1, 0.15) is 0 Å². The lowest BCUT2D eigenvalue weighted by Gasteiger charge is -2.06. The van der Waals surface area contributed by atoms with E-state index in [-0.39, 0.29) is 5.92 Å². The van der Waals surface area contributed by atoms with Gasteiger partial charge in [-0.3, -0.25) is 9.59 Å². The number of rotatable bonds is 6. The fourth-order valence-electron chi connectivity index (χ4n) is 1.19. The quantitative estimate of drug-likeness (QED) is 0.809. The van der Waals surface area contributed by atoms with Crippen LogP contribution in [0.4, 0.5) is 0 Å². The Kier molecular flexibility index (Phi) is 5.03. The van der Waals surface area contributed by atoms with Gasteiger partial charge in [0.2, 0.25) is 5.91 Å². The molecule has 0 bridgehead atoms. The summed E-state index contributed by atoms with van der Waals surface area (Å²) in [6.07, 6.45) is 0. The van der Waals surface area contributed by atoms with E-state index in [9.17, 15) is 9.59 Å². The van der Waals surface area contributed by atoms with E-state index in [1.54, 1.807) is 30.8 Å². The third kappa shape index (κ3) is 4.48. The van der Waals surface area contributed by atoms with Crippen LogP contribution in [-0.4, -0.2) is 22.7 Å². The number of aliphatic carboxylic acids is 1. The Morgan fingerprint density at radius 2 is 1.94 bits per heavy atom. The summed E-state index contributed by atoms with van der Waals surface area (Å²) in [5, 5.41) is 8.71. The normalized spacial score (nSPS) is 12.1. The van der Waals surface area contributed by atoms with Crippen LogP contribution in [0.25, 0.3) is 0 Å². The number of benzene rings is 1. The Hall–Kier alpha value is -1.49. The van der Waals surface area contributed by atoms with Gasteiger partial charge >= 0.3 is 5.97 Å². The fourth-order valence-corrected chi connectivity index (χ4v) is 2.23. The molecular weight excluding hydrogens is 238 g/mol. The van der Waals surface area contributed by atoms with Crippen LogP contribution in [0.1, 0.15) is 22.8 Å². The summed E-state index contributed by atoms with van der Waals surface area (Å²) in [5.74, 6) is -0.251. The number of thioether (sulfide) groups is 1. The number of primary amides is 1. The zero-order valence-electron chi connectivity index (χ0n) is 9.55. The van der Waals surface area contributed by atoms with Gasteiger partial charge in [0.05, 0.1) is 5.92 Å². The van der Waals surface area contributed by atoms with Crippen molar-refractivity contribution in [3.63, 3.8) is 0 Å². The number of hydrogen-bond donors (Lipinski definition) is 2. The second-order valence-electron chi connectivity index (χ2n) is 3.82. The molecule has 17 heavy (non-hydrogen) atoms. The largest absolute Gasteiger partial charge is 0.481 e. The van der Waals surface area contributed by atoms with Gasteiger partial charge in [0, 0.05) is 17.1 Å². The molecular formula is C12H15NO3S. The van der Waals surface area contributed by atoms with Crippen LogP contribution in [-0.2, 0) is 10.5 Å². The molecule has 1 aromatic rings. The average Bonchev–Trinajstić information content (AvgIpc) is 2.29. The maximum atomic E-state index is 10.8. The molecule has 1 unspecified atom stereocenters. The van der Waals surface area contributed by atoms with E-state index in [0.717, 1.165) is 11.3 Å². The van der Waals surface area contributed by atoms with E-state index < -0.39 is 11.9 Å². The summed E-state index contributed by atoms with van der Waals surface area (Å²) < 4.78 is 0. The van der Waals surface area contributed by atoms with E-state index in [1.807, 2.05) is 12.1 Å². The van der Waals surface area contributed by atoms with Crippen LogP contribution < -0.4 is 5.73 Å². The second-order valence-corrected chi connectivity index (χ2v) is 4.85. The highest BCUT2D eigenvalue weighted by Gasteiger charge is 2.10. The molecule has 0 saturated carbocycles. The number of carbonyl (C=O) groups excluding carboxylic acids is 1. The van der Waals surface area contributed by atoms with Crippen molar-refractivity contribution >= 4 is 23.6 Å². The first-order chi connectivity index (χ1) is 8.00. The summed E-state index contributed by atoms with van der Waals surface area (Å²) >= 11 is 1.56. The monoisotopic (exact) mass is 253 g/mol. The van der Waals surface area contributed by atoms with Crippen LogP contribution in [0.5, 0.6) is 0 Å². The standard InChI is InChI=1S/C12H15NO3S/c1-8(12(15)16)6-17-7-9-2-4-10(5-3-9)11(13)14/h2-5,8H,6-7H2,1H3,(H2,13,14)(H,15,16). The highest BCUT2D eigenvalue weighted by Crippen LogP contribution is 2.16. The summed E-state index contributed by atoms with van der Waals surface area (Å²) in [7, 11) is 0. The molecule has 0 aliphatic carbocycles. The van der Waals surface area contributed by atoms with Crippen LogP contribution in [0.2, 0.25) is 0 Å². The topological polar surface area (TPSA) is 80.4 Å². The maximum Gasteiger partial charge on any atom is 0.307 e. The van der Waals surface area contributed by atoms with Crippen LogP contribution in [0, 0.1) is 5.92 Å². The summed E-state index contributed by atoms with van der Waals surface area (Å²) in [5.41, 5.74) is 6.66. The first-order valence-corrected chi connectivity index (χ1v) is 6.35. The Morgan fingerprint density at radius 3 is 2.41 bits per heavy atom. The number of amides is 1. The van der Waals surface area contributed by atoms with Crippen molar-refractivity contribution in [1.82, 2.24) is 0 Å². The maximum absolute atomic E-state index is 10.8. The Balaban J connectivity index is 2.42. The van der Waals surface area contributed by atoms with Gasteiger partial charge < -0.3 is 10.8 Å². The molecule has 1 atom stereocenters. The molecule has 3 N–H and O–H groups in total. The third-order valence-electron chi connectivity index (χ3n) is 2.30. The minimum absolute atomic E-state index is 0.343. The lowest BCUT2D eigenvalue weighted by atomic mass is 10.1. The van der Waals surface area contributed by atoms with Gasteiger partial charge in [-0.1, -0.05) is 19.1 Å². The molecule has 0 radical (unpaired) electrons. The average molecular weight is 253 g/mol. The highest BCUT2D eigenvalue weighted by atomic mass is 32.2. The van der Waals surface area contributed by atoms with E-state index in [1.165, 1.54) is 0 Å². The van der Waals surface area contributed by atoms with E-state index in [2.05, 4.69) is 0 Å².